The molecule has 0 bridgehead atoms. The highest BCUT2D eigenvalue weighted by Gasteiger charge is 2.46. The summed E-state index contributed by atoms with van der Waals surface area (Å²) in [4.78, 5) is 0. The standard InChI is InChI=1S/C14H25NO/c16-14(8-3-1-2-4-9-14)13-10-11-6-5-7-12(11)15-13/h11-13,15-16H,1-10H2/t11-,12-,13+/m1/s1. The highest BCUT2D eigenvalue weighted by molar-refractivity contribution is 5.03. The fraction of sp³-hybridized carbons (Fsp3) is 1.00. The van der Waals surface area contributed by atoms with Crippen molar-refractivity contribution in [3.05, 3.63) is 0 Å². The molecule has 0 spiro atoms. The molecule has 0 aromatic heterocycles. The lowest BCUT2D eigenvalue weighted by atomic mass is 9.84. The van der Waals surface area contributed by atoms with Gasteiger partial charge in [0, 0.05) is 12.1 Å². The molecular weight excluding hydrogens is 198 g/mol. The Labute approximate surface area is 98.8 Å². The molecule has 2 heteroatoms. The molecule has 3 atom stereocenters. The molecule has 1 heterocycles. The minimum atomic E-state index is -0.374. The number of hydrogen-bond donors (Lipinski definition) is 2. The zero-order valence-electron chi connectivity index (χ0n) is 10.3. The Morgan fingerprint density at radius 1 is 0.938 bits per heavy atom. The van der Waals surface area contributed by atoms with Crippen molar-refractivity contribution in [2.75, 3.05) is 0 Å². The third kappa shape index (κ3) is 1.91. The van der Waals surface area contributed by atoms with E-state index in [0.29, 0.717) is 6.04 Å². The summed E-state index contributed by atoms with van der Waals surface area (Å²) in [5.74, 6) is 0.872. The largest absolute Gasteiger partial charge is 0.388 e. The molecule has 16 heavy (non-hydrogen) atoms. The zero-order valence-corrected chi connectivity index (χ0v) is 10.3. The first-order valence-corrected chi connectivity index (χ1v) is 7.26. The topological polar surface area (TPSA) is 32.3 Å². The maximum atomic E-state index is 10.8. The van der Waals surface area contributed by atoms with Crippen molar-refractivity contribution in [1.82, 2.24) is 5.32 Å². The lowest BCUT2D eigenvalue weighted by Gasteiger charge is -2.34. The average Bonchev–Trinajstić information content (AvgIpc) is 2.77. The minimum Gasteiger partial charge on any atom is -0.388 e. The summed E-state index contributed by atoms with van der Waals surface area (Å²) in [5, 5.41) is 14.6. The van der Waals surface area contributed by atoms with Gasteiger partial charge in [0.2, 0.25) is 0 Å². The molecule has 1 saturated heterocycles. The summed E-state index contributed by atoms with van der Waals surface area (Å²) >= 11 is 0. The van der Waals surface area contributed by atoms with Crippen molar-refractivity contribution in [3.63, 3.8) is 0 Å². The van der Waals surface area contributed by atoms with Crippen LogP contribution in [0.3, 0.4) is 0 Å². The quantitative estimate of drug-likeness (QED) is 0.670. The van der Waals surface area contributed by atoms with Crippen LogP contribution in [-0.4, -0.2) is 22.8 Å². The average molecular weight is 223 g/mol. The number of hydrogen-bond acceptors (Lipinski definition) is 2. The molecule has 3 aliphatic rings. The minimum absolute atomic E-state index is 0.374. The number of fused-ring (bicyclic) bond motifs is 1. The molecule has 2 aliphatic carbocycles. The Balaban J connectivity index is 1.67. The van der Waals surface area contributed by atoms with E-state index in [1.165, 1.54) is 51.4 Å². The van der Waals surface area contributed by atoms with Crippen molar-refractivity contribution in [2.45, 2.75) is 81.9 Å². The van der Waals surface area contributed by atoms with Gasteiger partial charge in [-0.2, -0.15) is 0 Å². The van der Waals surface area contributed by atoms with Crippen LogP contribution in [0.4, 0.5) is 0 Å². The molecule has 0 aromatic carbocycles. The van der Waals surface area contributed by atoms with E-state index in [2.05, 4.69) is 5.32 Å². The summed E-state index contributed by atoms with van der Waals surface area (Å²) in [6.45, 7) is 0. The fourth-order valence-corrected chi connectivity index (χ4v) is 4.23. The van der Waals surface area contributed by atoms with E-state index in [4.69, 9.17) is 0 Å². The van der Waals surface area contributed by atoms with Crippen LogP contribution in [0, 0.1) is 5.92 Å². The van der Waals surface area contributed by atoms with E-state index in [1.54, 1.807) is 0 Å². The normalized spacial score (nSPS) is 42.9. The van der Waals surface area contributed by atoms with Gasteiger partial charge in [0.05, 0.1) is 5.60 Å². The van der Waals surface area contributed by atoms with E-state index in [-0.39, 0.29) is 5.60 Å². The molecule has 1 aliphatic heterocycles. The molecule has 0 unspecified atom stereocenters. The fourth-order valence-electron chi connectivity index (χ4n) is 4.23. The van der Waals surface area contributed by atoms with Crippen molar-refractivity contribution in [2.24, 2.45) is 5.92 Å². The molecule has 0 radical (unpaired) electrons. The van der Waals surface area contributed by atoms with Gasteiger partial charge in [-0.3, -0.25) is 0 Å². The second-order valence-corrected chi connectivity index (χ2v) is 6.27. The number of aliphatic hydroxyl groups is 1. The third-order valence-corrected chi connectivity index (χ3v) is 5.23. The summed E-state index contributed by atoms with van der Waals surface area (Å²) < 4.78 is 0. The van der Waals surface area contributed by atoms with Crippen LogP contribution in [-0.2, 0) is 0 Å². The van der Waals surface area contributed by atoms with Crippen LogP contribution in [0.2, 0.25) is 0 Å². The van der Waals surface area contributed by atoms with Gasteiger partial charge in [-0.05, 0) is 38.0 Å². The van der Waals surface area contributed by atoms with E-state index >= 15 is 0 Å². The van der Waals surface area contributed by atoms with Gasteiger partial charge < -0.3 is 10.4 Å². The molecule has 2 nitrogen and oxygen atoms in total. The monoisotopic (exact) mass is 223 g/mol. The number of rotatable bonds is 1. The lowest BCUT2D eigenvalue weighted by Crippen LogP contribution is -2.49. The van der Waals surface area contributed by atoms with Crippen LogP contribution in [0.1, 0.15) is 64.2 Å². The third-order valence-electron chi connectivity index (χ3n) is 5.23. The second kappa shape index (κ2) is 4.30. The maximum Gasteiger partial charge on any atom is 0.0800 e. The molecule has 0 amide bonds. The predicted octanol–water partition coefficient (Wildman–Crippen LogP) is 2.60. The first kappa shape index (κ1) is 11.0. The van der Waals surface area contributed by atoms with Crippen LogP contribution in [0.25, 0.3) is 0 Å². The van der Waals surface area contributed by atoms with E-state index in [9.17, 15) is 5.11 Å². The molecule has 3 rings (SSSR count). The van der Waals surface area contributed by atoms with Gasteiger partial charge in [0.25, 0.3) is 0 Å². The highest BCUT2D eigenvalue weighted by atomic mass is 16.3. The number of nitrogens with one attached hydrogen (secondary N) is 1. The summed E-state index contributed by atoms with van der Waals surface area (Å²) in [6, 6.07) is 1.14. The Kier molecular flexibility index (Phi) is 2.97. The van der Waals surface area contributed by atoms with Crippen LogP contribution < -0.4 is 5.32 Å². The van der Waals surface area contributed by atoms with E-state index in [1.807, 2.05) is 0 Å². The van der Waals surface area contributed by atoms with Crippen molar-refractivity contribution >= 4 is 0 Å². The molecule has 2 N–H and O–H groups in total. The second-order valence-electron chi connectivity index (χ2n) is 6.27. The first-order valence-electron chi connectivity index (χ1n) is 7.26. The van der Waals surface area contributed by atoms with Crippen LogP contribution in [0.15, 0.2) is 0 Å². The molecular formula is C14H25NO. The van der Waals surface area contributed by atoms with Gasteiger partial charge >= 0.3 is 0 Å². The summed E-state index contributed by atoms with van der Waals surface area (Å²) in [6.07, 6.45) is 12.5. The SMILES string of the molecule is OC1([C@@H]2C[C@H]3CCC[C@H]3N2)CCCCCC1. The van der Waals surface area contributed by atoms with Gasteiger partial charge in [0.15, 0.2) is 0 Å². The summed E-state index contributed by atoms with van der Waals surface area (Å²) in [5.41, 5.74) is -0.374. The zero-order chi connectivity index (χ0) is 11.0. The lowest BCUT2D eigenvalue weighted by molar-refractivity contribution is -0.00911. The van der Waals surface area contributed by atoms with E-state index < -0.39 is 0 Å². The van der Waals surface area contributed by atoms with Crippen molar-refractivity contribution < 1.29 is 5.11 Å². The molecule has 0 aromatic rings. The highest BCUT2D eigenvalue weighted by Crippen LogP contribution is 2.41. The van der Waals surface area contributed by atoms with E-state index in [0.717, 1.165) is 24.8 Å². The molecule has 2 saturated carbocycles. The van der Waals surface area contributed by atoms with Crippen molar-refractivity contribution in [3.8, 4) is 0 Å². The van der Waals surface area contributed by atoms with Gasteiger partial charge in [0.1, 0.15) is 0 Å². The maximum absolute atomic E-state index is 10.8. The smallest absolute Gasteiger partial charge is 0.0800 e. The predicted molar refractivity (Wildman–Crippen MR) is 65.3 cm³/mol. The Morgan fingerprint density at radius 3 is 2.38 bits per heavy atom. The van der Waals surface area contributed by atoms with Gasteiger partial charge in [-0.1, -0.05) is 32.1 Å². The van der Waals surface area contributed by atoms with Crippen molar-refractivity contribution in [1.29, 1.82) is 0 Å². The Morgan fingerprint density at radius 2 is 1.69 bits per heavy atom. The van der Waals surface area contributed by atoms with Crippen LogP contribution in [0.5, 0.6) is 0 Å². The first-order chi connectivity index (χ1) is 7.78. The Bertz CT molecular complexity index is 233. The summed E-state index contributed by atoms with van der Waals surface area (Å²) in [7, 11) is 0. The molecule has 92 valence electrons. The Hall–Kier alpha value is -0.0800. The van der Waals surface area contributed by atoms with Gasteiger partial charge in [-0.25, -0.2) is 0 Å². The van der Waals surface area contributed by atoms with Gasteiger partial charge in [-0.15, -0.1) is 0 Å². The molecule has 3 fully saturated rings. The van der Waals surface area contributed by atoms with Crippen LogP contribution >= 0.6 is 0 Å².